The molecule has 0 aliphatic carbocycles. The zero-order valence-corrected chi connectivity index (χ0v) is 12.5. The molecular weight excluding hydrogens is 310 g/mol. The monoisotopic (exact) mass is 321 g/mol. The smallest absolute Gasteiger partial charge is 0.338 e. The Labute approximate surface area is 120 Å². The molecular formula is C11H12ClNO6S. The Morgan fingerprint density at radius 3 is 2.35 bits per heavy atom. The highest BCUT2D eigenvalue weighted by Crippen LogP contribution is 2.28. The molecule has 1 aromatic rings. The van der Waals surface area contributed by atoms with Crippen molar-refractivity contribution in [3.8, 4) is 0 Å². The van der Waals surface area contributed by atoms with Crippen LogP contribution in [0.5, 0.6) is 0 Å². The van der Waals surface area contributed by atoms with E-state index in [1.165, 1.54) is 6.92 Å². The molecule has 0 N–H and O–H groups in total. The van der Waals surface area contributed by atoms with Gasteiger partial charge in [-0.1, -0.05) is 0 Å². The number of rotatable bonds is 4. The molecule has 0 atom stereocenters. The molecule has 7 nitrogen and oxygen atoms in total. The molecule has 1 aromatic carbocycles. The molecule has 1 rings (SSSR count). The van der Waals surface area contributed by atoms with Gasteiger partial charge in [-0.2, -0.15) is 0 Å². The number of ether oxygens (including phenoxy) is 1. The molecule has 0 aliphatic rings. The van der Waals surface area contributed by atoms with Gasteiger partial charge in [-0.3, -0.25) is 10.1 Å². The van der Waals surface area contributed by atoms with Crippen LogP contribution in [-0.4, -0.2) is 25.4 Å². The van der Waals surface area contributed by atoms with Crippen LogP contribution in [0.3, 0.4) is 0 Å². The molecule has 20 heavy (non-hydrogen) atoms. The molecule has 110 valence electrons. The first kappa shape index (κ1) is 16.4. The first-order valence-corrected chi connectivity index (χ1v) is 7.79. The normalized spacial score (nSPS) is 11.4. The van der Waals surface area contributed by atoms with Crippen LogP contribution in [0.1, 0.15) is 29.8 Å². The van der Waals surface area contributed by atoms with Crippen molar-refractivity contribution in [1.82, 2.24) is 0 Å². The molecule has 0 amide bonds. The third-order valence-corrected chi connectivity index (χ3v) is 3.83. The highest BCUT2D eigenvalue weighted by molar-refractivity contribution is 8.13. The van der Waals surface area contributed by atoms with Crippen molar-refractivity contribution in [3.63, 3.8) is 0 Å². The number of nitro benzene ring substituents is 1. The third-order valence-electron chi connectivity index (χ3n) is 2.38. The van der Waals surface area contributed by atoms with Gasteiger partial charge in [-0.15, -0.1) is 0 Å². The van der Waals surface area contributed by atoms with E-state index in [-0.39, 0.29) is 11.1 Å². The van der Waals surface area contributed by atoms with Crippen LogP contribution in [0.15, 0.2) is 17.0 Å². The van der Waals surface area contributed by atoms with Crippen molar-refractivity contribution < 1.29 is 22.9 Å². The van der Waals surface area contributed by atoms with Crippen LogP contribution < -0.4 is 0 Å². The molecule has 0 heterocycles. The number of hydrogen-bond donors (Lipinski definition) is 0. The van der Waals surface area contributed by atoms with Crippen molar-refractivity contribution in [3.05, 3.63) is 33.4 Å². The van der Waals surface area contributed by atoms with Gasteiger partial charge in [-0.25, -0.2) is 13.2 Å². The Morgan fingerprint density at radius 1 is 1.40 bits per heavy atom. The number of hydrogen-bond acceptors (Lipinski definition) is 6. The van der Waals surface area contributed by atoms with Gasteiger partial charge in [0, 0.05) is 22.8 Å². The van der Waals surface area contributed by atoms with E-state index in [1.807, 2.05) is 0 Å². The lowest BCUT2D eigenvalue weighted by Gasteiger charge is -2.11. The average Bonchev–Trinajstić information content (AvgIpc) is 2.25. The summed E-state index contributed by atoms with van der Waals surface area (Å²) in [4.78, 5) is 21.4. The van der Waals surface area contributed by atoms with Crippen LogP contribution in [-0.2, 0) is 13.8 Å². The van der Waals surface area contributed by atoms with Gasteiger partial charge in [0.05, 0.1) is 21.5 Å². The third kappa shape index (κ3) is 3.67. The summed E-state index contributed by atoms with van der Waals surface area (Å²) in [5.74, 6) is -0.845. The molecule has 9 heteroatoms. The van der Waals surface area contributed by atoms with E-state index in [0.29, 0.717) is 0 Å². The van der Waals surface area contributed by atoms with E-state index in [4.69, 9.17) is 15.4 Å². The second-order valence-electron chi connectivity index (χ2n) is 4.27. The van der Waals surface area contributed by atoms with E-state index in [2.05, 4.69) is 0 Å². The first-order valence-electron chi connectivity index (χ1n) is 5.48. The molecule has 0 aliphatic heterocycles. The Hall–Kier alpha value is -1.67. The van der Waals surface area contributed by atoms with Crippen LogP contribution in [0.2, 0.25) is 0 Å². The van der Waals surface area contributed by atoms with Crippen LogP contribution in [0.25, 0.3) is 0 Å². The van der Waals surface area contributed by atoms with Crippen molar-refractivity contribution in [1.29, 1.82) is 0 Å². The predicted molar refractivity (Wildman–Crippen MR) is 71.4 cm³/mol. The van der Waals surface area contributed by atoms with Crippen molar-refractivity contribution in [2.75, 3.05) is 0 Å². The average molecular weight is 322 g/mol. The van der Waals surface area contributed by atoms with Crippen molar-refractivity contribution in [2.24, 2.45) is 0 Å². The van der Waals surface area contributed by atoms with Gasteiger partial charge in [0.2, 0.25) is 0 Å². The fourth-order valence-electron chi connectivity index (χ4n) is 1.52. The lowest BCUT2D eigenvalue weighted by molar-refractivity contribution is -0.385. The standard InChI is InChI=1S/C11H12ClNO6S/c1-6(2)19-11(14)9-4-8(13(15)16)5-10(7(9)3)20(12,17)18/h4-6H,1-3H3. The zero-order valence-electron chi connectivity index (χ0n) is 10.9. The summed E-state index contributed by atoms with van der Waals surface area (Å²) in [6, 6.07) is 1.77. The predicted octanol–water partition coefficient (Wildman–Crippen LogP) is 2.40. The Morgan fingerprint density at radius 2 is 1.95 bits per heavy atom. The maximum absolute atomic E-state index is 11.8. The van der Waals surface area contributed by atoms with Gasteiger partial charge in [0.25, 0.3) is 14.7 Å². The number of non-ortho nitro benzene ring substituents is 1. The van der Waals surface area contributed by atoms with Gasteiger partial charge >= 0.3 is 5.97 Å². The summed E-state index contributed by atoms with van der Waals surface area (Å²) >= 11 is 0. The summed E-state index contributed by atoms with van der Waals surface area (Å²) in [7, 11) is 1.01. The quantitative estimate of drug-likeness (QED) is 0.365. The first-order chi connectivity index (χ1) is 9.04. The number of carbonyl (C=O) groups excluding carboxylic acids is 1. The fraction of sp³-hybridized carbons (Fsp3) is 0.364. The minimum atomic E-state index is -4.21. The summed E-state index contributed by atoms with van der Waals surface area (Å²) in [5, 5.41) is 10.8. The summed E-state index contributed by atoms with van der Waals surface area (Å²) in [6.45, 7) is 4.53. The summed E-state index contributed by atoms with van der Waals surface area (Å²) in [6.07, 6.45) is -0.447. The number of halogens is 1. The topological polar surface area (TPSA) is 104 Å². The summed E-state index contributed by atoms with van der Waals surface area (Å²) < 4.78 is 27.8. The van der Waals surface area contributed by atoms with Gasteiger partial charge in [0.15, 0.2) is 0 Å². The molecule has 0 fully saturated rings. The van der Waals surface area contributed by atoms with Crippen molar-refractivity contribution in [2.45, 2.75) is 31.8 Å². The second kappa shape index (κ2) is 5.76. The SMILES string of the molecule is Cc1c(C(=O)OC(C)C)cc([N+](=O)[O-])cc1S(=O)(=O)Cl. The number of carbonyl (C=O) groups is 1. The number of esters is 1. The maximum atomic E-state index is 11.8. The molecule has 0 bridgehead atoms. The zero-order chi connectivity index (χ0) is 15.7. The largest absolute Gasteiger partial charge is 0.459 e. The highest BCUT2D eigenvalue weighted by atomic mass is 35.7. The van der Waals surface area contributed by atoms with E-state index in [1.54, 1.807) is 13.8 Å². The Bertz CT molecular complexity index is 668. The Kier molecular flexibility index (Phi) is 4.72. The minimum Gasteiger partial charge on any atom is -0.459 e. The van der Waals surface area contributed by atoms with Crippen molar-refractivity contribution >= 4 is 31.4 Å². The van der Waals surface area contributed by atoms with Gasteiger partial charge in [0.1, 0.15) is 0 Å². The maximum Gasteiger partial charge on any atom is 0.338 e. The lowest BCUT2D eigenvalue weighted by Crippen LogP contribution is -2.14. The fourth-order valence-corrected chi connectivity index (χ4v) is 2.74. The minimum absolute atomic E-state index is 0.0104. The highest BCUT2D eigenvalue weighted by Gasteiger charge is 2.25. The van der Waals surface area contributed by atoms with Crippen LogP contribution in [0.4, 0.5) is 5.69 Å². The number of nitro groups is 1. The van der Waals surface area contributed by atoms with E-state index < -0.39 is 36.6 Å². The van der Waals surface area contributed by atoms with E-state index >= 15 is 0 Å². The molecule has 0 saturated carbocycles. The number of benzene rings is 1. The van der Waals surface area contributed by atoms with Gasteiger partial charge in [-0.05, 0) is 26.3 Å². The van der Waals surface area contributed by atoms with E-state index in [0.717, 1.165) is 12.1 Å². The second-order valence-corrected chi connectivity index (χ2v) is 6.80. The van der Waals surface area contributed by atoms with Gasteiger partial charge < -0.3 is 4.74 Å². The van der Waals surface area contributed by atoms with Crippen LogP contribution in [0, 0.1) is 17.0 Å². The molecule has 0 aromatic heterocycles. The molecule has 0 radical (unpaired) electrons. The molecule has 0 spiro atoms. The number of nitrogens with zero attached hydrogens (tertiary/aromatic N) is 1. The summed E-state index contributed by atoms with van der Waals surface area (Å²) in [5.41, 5.74) is -0.742. The Balaban J connectivity index is 3.56. The lowest BCUT2D eigenvalue weighted by atomic mass is 10.1. The molecule has 0 saturated heterocycles. The van der Waals surface area contributed by atoms with Crippen LogP contribution >= 0.6 is 10.7 Å². The molecule has 0 unspecified atom stereocenters. The van der Waals surface area contributed by atoms with E-state index in [9.17, 15) is 23.3 Å².